The van der Waals surface area contributed by atoms with E-state index in [1.54, 1.807) is 0 Å². The second kappa shape index (κ2) is 7.95. The lowest BCUT2D eigenvalue weighted by molar-refractivity contribution is -0.431. The third-order valence-corrected chi connectivity index (χ3v) is 4.30. The van der Waals surface area contributed by atoms with Crippen LogP contribution in [0.15, 0.2) is 24.3 Å². The van der Waals surface area contributed by atoms with E-state index in [-0.39, 0.29) is 0 Å². The maximum atomic E-state index is 13.7. The van der Waals surface area contributed by atoms with E-state index >= 15 is 0 Å². The highest BCUT2D eigenvalue weighted by molar-refractivity contribution is 6.33. The van der Waals surface area contributed by atoms with Crippen molar-refractivity contribution in [3.8, 4) is 0 Å². The lowest BCUT2D eigenvalue weighted by atomic mass is 9.91. The van der Waals surface area contributed by atoms with Crippen molar-refractivity contribution < 1.29 is 66.3 Å². The zero-order valence-electron chi connectivity index (χ0n) is 14.3. The van der Waals surface area contributed by atoms with Crippen molar-refractivity contribution in [2.24, 2.45) is 0 Å². The molecule has 1 aromatic rings. The molecule has 0 aliphatic rings. The van der Waals surface area contributed by atoms with Crippen molar-refractivity contribution in [2.45, 2.75) is 40.9 Å². The number of rotatable bonds is 8. The summed E-state index contributed by atoms with van der Waals surface area (Å²) in [5.74, 6) is -50.7. The van der Waals surface area contributed by atoms with E-state index in [4.69, 9.17) is 11.6 Å². The fourth-order valence-corrected chi connectivity index (χ4v) is 2.17. The van der Waals surface area contributed by atoms with Gasteiger partial charge in [-0.25, -0.2) is 0 Å². The van der Waals surface area contributed by atoms with Gasteiger partial charge in [-0.1, -0.05) is 23.7 Å². The van der Waals surface area contributed by atoms with Crippen LogP contribution < -0.4 is 5.32 Å². The van der Waals surface area contributed by atoms with Gasteiger partial charge in [0, 0.05) is 0 Å². The van der Waals surface area contributed by atoms with Crippen LogP contribution in [0.2, 0.25) is 5.02 Å². The molecule has 0 bridgehead atoms. The summed E-state index contributed by atoms with van der Waals surface area (Å²) in [4.78, 5) is 11.4. The molecular formula is C14H5Cl2F14NO. The highest BCUT2D eigenvalue weighted by atomic mass is 35.5. The van der Waals surface area contributed by atoms with E-state index in [0.29, 0.717) is 6.07 Å². The molecule has 0 spiro atoms. The number of hydrogen-bond acceptors (Lipinski definition) is 1. The van der Waals surface area contributed by atoms with Crippen LogP contribution in [0, 0.1) is 0 Å². The second-order valence-corrected chi connectivity index (χ2v) is 6.76. The Kier molecular flexibility index (Phi) is 7.04. The van der Waals surface area contributed by atoms with Crippen LogP contribution in [0.1, 0.15) is 0 Å². The average Bonchev–Trinajstić information content (AvgIpc) is 2.61. The summed E-state index contributed by atoms with van der Waals surface area (Å²) in [5.41, 5.74) is -0.969. The van der Waals surface area contributed by atoms with Gasteiger partial charge in [-0.15, -0.1) is 0 Å². The highest BCUT2D eigenvalue weighted by Gasteiger charge is 2.93. The average molecular weight is 540 g/mol. The predicted octanol–water partition coefficient (Wildman–Crippen LogP) is 6.92. The molecule has 0 aromatic heterocycles. The van der Waals surface area contributed by atoms with Crippen molar-refractivity contribution in [3.63, 3.8) is 0 Å². The number of amides is 1. The molecule has 0 aliphatic heterocycles. The molecule has 0 atom stereocenters. The van der Waals surface area contributed by atoms with Gasteiger partial charge >= 0.3 is 46.8 Å². The summed E-state index contributed by atoms with van der Waals surface area (Å²) in [5, 5.41) is -6.58. The van der Waals surface area contributed by atoms with Gasteiger partial charge in [0.15, 0.2) is 0 Å². The van der Waals surface area contributed by atoms with Gasteiger partial charge < -0.3 is 5.32 Å². The lowest BCUT2D eigenvalue weighted by Crippen LogP contribution is -2.73. The molecule has 0 unspecified atom stereocenters. The number of para-hydroxylation sites is 1. The van der Waals surface area contributed by atoms with Gasteiger partial charge in [-0.05, 0) is 23.7 Å². The molecule has 0 fully saturated rings. The minimum Gasteiger partial charge on any atom is -0.319 e. The number of benzene rings is 1. The summed E-state index contributed by atoms with van der Waals surface area (Å²) in [6, 6.07) is 3.48. The topological polar surface area (TPSA) is 29.1 Å². The van der Waals surface area contributed by atoms with E-state index in [1.807, 2.05) is 0 Å². The molecule has 0 saturated carbocycles. The number of carbonyl (C=O) groups excluding carboxylic acids is 1. The molecule has 0 aliphatic carbocycles. The van der Waals surface area contributed by atoms with Crippen LogP contribution >= 0.6 is 23.2 Å². The molecule has 1 amide bonds. The summed E-state index contributed by atoms with van der Waals surface area (Å²) in [7, 11) is 0. The largest absolute Gasteiger partial charge is 0.393 e. The molecular weight excluding hydrogens is 535 g/mol. The first-order chi connectivity index (χ1) is 13.9. The van der Waals surface area contributed by atoms with Gasteiger partial charge in [0.05, 0.1) is 10.7 Å². The van der Waals surface area contributed by atoms with Crippen LogP contribution in [0.4, 0.5) is 67.2 Å². The molecule has 0 heterocycles. The Labute approximate surface area is 177 Å². The highest BCUT2D eigenvalue weighted by Crippen LogP contribution is 2.62. The van der Waals surface area contributed by atoms with Crippen LogP contribution in [0.5, 0.6) is 0 Å². The Morgan fingerprint density at radius 1 is 0.656 bits per heavy atom. The van der Waals surface area contributed by atoms with Crippen molar-refractivity contribution in [2.75, 3.05) is 5.32 Å². The number of anilines is 1. The Bertz CT molecular complexity index is 867. The van der Waals surface area contributed by atoms with Crippen molar-refractivity contribution >= 4 is 34.8 Å². The molecule has 184 valence electrons. The predicted molar refractivity (Wildman–Crippen MR) is 80.6 cm³/mol. The maximum absolute atomic E-state index is 13.7. The van der Waals surface area contributed by atoms with Crippen LogP contribution in [0.3, 0.4) is 0 Å². The first kappa shape index (κ1) is 28.3. The molecule has 1 rings (SSSR count). The van der Waals surface area contributed by atoms with Gasteiger partial charge in [0.25, 0.3) is 0 Å². The standard InChI is InChI=1S/C14H5Cl2F14NO/c15-5-3-1-2-4-6(5)31-7(32)8(17,18)9(19,20)10(21,22)11(23,24)12(25,26)13(27,28)14(16,29)30/h1-4H,(H,31,32). The number of alkyl halides is 15. The maximum Gasteiger partial charge on any atom is 0.393 e. The smallest absolute Gasteiger partial charge is 0.319 e. The van der Waals surface area contributed by atoms with E-state index in [1.165, 1.54) is 0 Å². The summed E-state index contributed by atoms with van der Waals surface area (Å²) >= 11 is 8.84. The molecule has 0 radical (unpaired) electrons. The monoisotopic (exact) mass is 539 g/mol. The summed E-state index contributed by atoms with van der Waals surface area (Å²) < 4.78 is 186. The molecule has 1 N–H and O–H groups in total. The molecule has 18 heteroatoms. The molecule has 2 nitrogen and oxygen atoms in total. The SMILES string of the molecule is O=C(Nc1ccccc1Cl)C(F)(F)C(F)(F)C(F)(F)C(F)(F)C(F)(F)C(F)(F)C(F)(F)Cl. The van der Waals surface area contributed by atoms with Crippen molar-refractivity contribution in [1.82, 2.24) is 0 Å². The van der Waals surface area contributed by atoms with E-state index in [2.05, 4.69) is 11.6 Å². The molecule has 1 aromatic carbocycles. The van der Waals surface area contributed by atoms with E-state index in [9.17, 15) is 66.3 Å². The second-order valence-electron chi connectivity index (χ2n) is 5.88. The minimum absolute atomic E-state index is 0.623. The fraction of sp³-hybridized carbons (Fsp3) is 0.500. The normalized spacial score (nSPS) is 15.0. The summed E-state index contributed by atoms with van der Waals surface area (Å²) in [6.07, 6.45) is 0. The number of halogens is 16. The number of carbonyl (C=O) groups is 1. The number of nitrogens with one attached hydrogen (secondary N) is 1. The summed E-state index contributed by atoms with van der Waals surface area (Å²) in [6.45, 7) is 0. The molecule has 32 heavy (non-hydrogen) atoms. The van der Waals surface area contributed by atoms with Gasteiger partial charge in [0.2, 0.25) is 0 Å². The minimum atomic E-state index is -8.31. The lowest BCUT2D eigenvalue weighted by Gasteiger charge is -2.41. The third-order valence-electron chi connectivity index (χ3n) is 3.73. The Hall–Kier alpha value is -1.71. The van der Waals surface area contributed by atoms with Crippen LogP contribution in [0.25, 0.3) is 0 Å². The Balaban J connectivity index is 3.51. The fourth-order valence-electron chi connectivity index (χ4n) is 1.87. The van der Waals surface area contributed by atoms with Crippen molar-refractivity contribution in [1.29, 1.82) is 0 Å². The zero-order valence-corrected chi connectivity index (χ0v) is 15.8. The van der Waals surface area contributed by atoms with Gasteiger partial charge in [-0.3, -0.25) is 4.79 Å². The Morgan fingerprint density at radius 2 is 1.03 bits per heavy atom. The first-order valence-corrected chi connectivity index (χ1v) is 8.06. The zero-order chi connectivity index (χ0) is 25.8. The first-order valence-electron chi connectivity index (χ1n) is 7.31. The van der Waals surface area contributed by atoms with E-state index in [0.717, 1.165) is 23.5 Å². The Morgan fingerprint density at radius 3 is 1.44 bits per heavy atom. The van der Waals surface area contributed by atoms with E-state index < -0.39 is 57.5 Å². The van der Waals surface area contributed by atoms with Crippen LogP contribution in [-0.2, 0) is 4.79 Å². The quantitative estimate of drug-likeness (QED) is 0.282. The number of hydrogen-bond donors (Lipinski definition) is 1. The van der Waals surface area contributed by atoms with Gasteiger partial charge in [-0.2, -0.15) is 61.5 Å². The molecule has 0 saturated heterocycles. The van der Waals surface area contributed by atoms with Crippen LogP contribution in [-0.4, -0.2) is 46.8 Å². The third kappa shape index (κ3) is 3.92. The van der Waals surface area contributed by atoms with Crippen molar-refractivity contribution in [3.05, 3.63) is 29.3 Å². The van der Waals surface area contributed by atoms with Gasteiger partial charge in [0.1, 0.15) is 0 Å².